The SMILES string of the molecule is Cc1cc(Oc2c(F)cccc2CC(C)N)ccc1F. The van der Waals surface area contributed by atoms with Gasteiger partial charge in [0.1, 0.15) is 11.6 Å². The highest BCUT2D eigenvalue weighted by molar-refractivity contribution is 5.40. The molecule has 0 amide bonds. The molecule has 2 rings (SSSR count). The number of aryl methyl sites for hydroxylation is 1. The number of ether oxygens (including phenoxy) is 1. The van der Waals surface area contributed by atoms with Gasteiger partial charge < -0.3 is 10.5 Å². The Hall–Kier alpha value is -1.94. The monoisotopic (exact) mass is 277 g/mol. The maximum absolute atomic E-state index is 13.9. The van der Waals surface area contributed by atoms with Crippen LogP contribution in [0.5, 0.6) is 11.5 Å². The molecule has 2 aromatic rings. The van der Waals surface area contributed by atoms with Crippen LogP contribution in [-0.2, 0) is 6.42 Å². The zero-order valence-electron chi connectivity index (χ0n) is 11.5. The summed E-state index contributed by atoms with van der Waals surface area (Å²) in [7, 11) is 0. The van der Waals surface area contributed by atoms with E-state index >= 15 is 0 Å². The highest BCUT2D eigenvalue weighted by Gasteiger charge is 2.13. The molecule has 0 radical (unpaired) electrons. The fourth-order valence-corrected chi connectivity index (χ4v) is 1.97. The molecule has 0 aliphatic heterocycles. The molecular formula is C16H17F2NO. The van der Waals surface area contributed by atoms with E-state index in [1.807, 2.05) is 6.92 Å². The van der Waals surface area contributed by atoms with Gasteiger partial charge in [-0.3, -0.25) is 0 Å². The molecule has 0 saturated carbocycles. The van der Waals surface area contributed by atoms with Crippen molar-refractivity contribution in [3.05, 3.63) is 59.2 Å². The molecule has 20 heavy (non-hydrogen) atoms. The van der Waals surface area contributed by atoms with Crippen LogP contribution in [0, 0.1) is 18.6 Å². The Morgan fingerprint density at radius 2 is 1.90 bits per heavy atom. The lowest BCUT2D eigenvalue weighted by atomic mass is 10.1. The Kier molecular flexibility index (Phi) is 4.35. The van der Waals surface area contributed by atoms with Crippen LogP contribution < -0.4 is 10.5 Å². The molecule has 2 nitrogen and oxygen atoms in total. The van der Waals surface area contributed by atoms with E-state index in [0.717, 1.165) is 0 Å². The lowest BCUT2D eigenvalue weighted by Gasteiger charge is -2.14. The zero-order chi connectivity index (χ0) is 14.7. The first kappa shape index (κ1) is 14.5. The molecule has 0 aromatic heterocycles. The number of nitrogens with two attached hydrogens (primary N) is 1. The summed E-state index contributed by atoms with van der Waals surface area (Å²) in [6.45, 7) is 3.48. The average molecular weight is 277 g/mol. The number of halogens is 2. The van der Waals surface area contributed by atoms with Crippen LogP contribution in [0.3, 0.4) is 0 Å². The molecule has 0 aliphatic rings. The van der Waals surface area contributed by atoms with Crippen molar-refractivity contribution < 1.29 is 13.5 Å². The fraction of sp³-hybridized carbons (Fsp3) is 0.250. The van der Waals surface area contributed by atoms with Crippen molar-refractivity contribution in [2.75, 3.05) is 0 Å². The van der Waals surface area contributed by atoms with Crippen molar-refractivity contribution in [2.45, 2.75) is 26.3 Å². The summed E-state index contributed by atoms with van der Waals surface area (Å²) in [5, 5.41) is 0. The second-order valence-electron chi connectivity index (χ2n) is 4.92. The van der Waals surface area contributed by atoms with E-state index in [9.17, 15) is 8.78 Å². The highest BCUT2D eigenvalue weighted by Crippen LogP contribution is 2.30. The molecule has 1 unspecified atom stereocenters. The van der Waals surface area contributed by atoms with Gasteiger partial charge in [0.25, 0.3) is 0 Å². The summed E-state index contributed by atoms with van der Waals surface area (Å²) in [6, 6.07) is 8.94. The van der Waals surface area contributed by atoms with Gasteiger partial charge in [0, 0.05) is 6.04 Å². The topological polar surface area (TPSA) is 35.2 Å². The van der Waals surface area contributed by atoms with Gasteiger partial charge in [0.15, 0.2) is 11.6 Å². The van der Waals surface area contributed by atoms with E-state index in [4.69, 9.17) is 10.5 Å². The van der Waals surface area contributed by atoms with E-state index in [2.05, 4.69) is 0 Å². The van der Waals surface area contributed by atoms with Crippen LogP contribution in [0.4, 0.5) is 8.78 Å². The second-order valence-corrected chi connectivity index (χ2v) is 4.92. The van der Waals surface area contributed by atoms with Crippen LogP contribution in [-0.4, -0.2) is 6.04 Å². The third-order valence-electron chi connectivity index (χ3n) is 2.94. The van der Waals surface area contributed by atoms with Gasteiger partial charge in [-0.2, -0.15) is 0 Å². The van der Waals surface area contributed by atoms with Gasteiger partial charge in [-0.1, -0.05) is 12.1 Å². The number of rotatable bonds is 4. The molecule has 0 heterocycles. The van der Waals surface area contributed by atoms with Gasteiger partial charge in [-0.25, -0.2) is 8.78 Å². The molecule has 4 heteroatoms. The Bertz CT molecular complexity index is 611. The van der Waals surface area contributed by atoms with Crippen molar-refractivity contribution in [3.8, 4) is 11.5 Å². The van der Waals surface area contributed by atoms with E-state index in [1.54, 1.807) is 19.1 Å². The van der Waals surface area contributed by atoms with Crippen LogP contribution in [0.2, 0.25) is 0 Å². The minimum atomic E-state index is -0.454. The predicted molar refractivity (Wildman–Crippen MR) is 75.0 cm³/mol. The number of para-hydroxylation sites is 1. The summed E-state index contributed by atoms with van der Waals surface area (Å²) < 4.78 is 32.7. The molecule has 106 valence electrons. The maximum atomic E-state index is 13.9. The Balaban J connectivity index is 2.34. The first-order valence-electron chi connectivity index (χ1n) is 6.44. The molecule has 0 spiro atoms. The summed E-state index contributed by atoms with van der Waals surface area (Å²) in [6.07, 6.45) is 0.507. The van der Waals surface area contributed by atoms with Crippen molar-refractivity contribution in [1.29, 1.82) is 0 Å². The van der Waals surface area contributed by atoms with E-state index in [1.165, 1.54) is 24.3 Å². The molecule has 1 atom stereocenters. The summed E-state index contributed by atoms with van der Waals surface area (Å²) in [5.74, 6) is -0.220. The highest BCUT2D eigenvalue weighted by atomic mass is 19.1. The summed E-state index contributed by atoms with van der Waals surface area (Å²) in [5.41, 5.74) is 6.90. The second kappa shape index (κ2) is 6.01. The molecule has 0 saturated heterocycles. The fourth-order valence-electron chi connectivity index (χ4n) is 1.97. The molecule has 0 bridgehead atoms. The first-order valence-corrected chi connectivity index (χ1v) is 6.44. The van der Waals surface area contributed by atoms with Crippen LogP contribution in [0.25, 0.3) is 0 Å². The summed E-state index contributed by atoms with van der Waals surface area (Å²) in [4.78, 5) is 0. The third kappa shape index (κ3) is 3.33. The van der Waals surface area contributed by atoms with Crippen LogP contribution in [0.15, 0.2) is 36.4 Å². The van der Waals surface area contributed by atoms with Crippen molar-refractivity contribution in [2.24, 2.45) is 5.73 Å². The molecule has 2 aromatic carbocycles. The Morgan fingerprint density at radius 3 is 2.55 bits per heavy atom. The minimum Gasteiger partial charge on any atom is -0.454 e. The number of hydrogen-bond acceptors (Lipinski definition) is 2. The molecule has 0 fully saturated rings. The smallest absolute Gasteiger partial charge is 0.166 e. The average Bonchev–Trinajstić information content (AvgIpc) is 2.37. The number of hydrogen-bond donors (Lipinski definition) is 1. The van der Waals surface area contributed by atoms with Gasteiger partial charge >= 0.3 is 0 Å². The van der Waals surface area contributed by atoms with Crippen LogP contribution in [0.1, 0.15) is 18.1 Å². The van der Waals surface area contributed by atoms with Gasteiger partial charge in [-0.05, 0) is 55.7 Å². The predicted octanol–water partition coefficient (Wildman–Crippen LogP) is 3.96. The van der Waals surface area contributed by atoms with Gasteiger partial charge in [-0.15, -0.1) is 0 Å². The Labute approximate surface area is 117 Å². The van der Waals surface area contributed by atoms with Crippen LogP contribution >= 0.6 is 0 Å². The quantitative estimate of drug-likeness (QED) is 0.918. The minimum absolute atomic E-state index is 0.103. The van der Waals surface area contributed by atoms with Crippen molar-refractivity contribution in [3.63, 3.8) is 0 Å². The standard InChI is InChI=1S/C16H17F2NO/c1-10-8-13(6-7-14(10)17)20-16-12(9-11(2)19)4-3-5-15(16)18/h3-8,11H,9,19H2,1-2H3. The Morgan fingerprint density at radius 1 is 1.15 bits per heavy atom. The van der Waals surface area contributed by atoms with Crippen molar-refractivity contribution >= 4 is 0 Å². The summed E-state index contributed by atoms with van der Waals surface area (Å²) >= 11 is 0. The van der Waals surface area contributed by atoms with E-state index in [-0.39, 0.29) is 17.6 Å². The number of benzene rings is 2. The van der Waals surface area contributed by atoms with Gasteiger partial charge in [0.05, 0.1) is 0 Å². The lowest BCUT2D eigenvalue weighted by Crippen LogP contribution is -2.18. The van der Waals surface area contributed by atoms with E-state index < -0.39 is 5.82 Å². The first-order chi connectivity index (χ1) is 9.47. The van der Waals surface area contributed by atoms with Gasteiger partial charge in [0.2, 0.25) is 0 Å². The third-order valence-corrected chi connectivity index (χ3v) is 2.94. The van der Waals surface area contributed by atoms with Crippen molar-refractivity contribution in [1.82, 2.24) is 0 Å². The zero-order valence-corrected chi connectivity index (χ0v) is 11.5. The normalized spacial score (nSPS) is 12.2. The molecule has 0 aliphatic carbocycles. The van der Waals surface area contributed by atoms with E-state index in [0.29, 0.717) is 23.3 Å². The maximum Gasteiger partial charge on any atom is 0.166 e. The largest absolute Gasteiger partial charge is 0.454 e. The molecular weight excluding hydrogens is 260 g/mol. The lowest BCUT2D eigenvalue weighted by molar-refractivity contribution is 0.433. The molecule has 2 N–H and O–H groups in total.